The van der Waals surface area contributed by atoms with Crippen molar-refractivity contribution in [2.24, 2.45) is 0 Å². The number of aryl methyl sites for hydroxylation is 4. The Bertz CT molecular complexity index is 827. The zero-order valence-corrected chi connectivity index (χ0v) is 15.4. The molecule has 0 saturated carbocycles. The number of anilines is 1. The van der Waals surface area contributed by atoms with E-state index >= 15 is 0 Å². The average molecular weight is 349 g/mol. The molecule has 0 unspecified atom stereocenters. The second-order valence-electron chi connectivity index (χ2n) is 6.41. The van der Waals surface area contributed by atoms with Gasteiger partial charge in [0.15, 0.2) is 5.82 Å². The SMILES string of the molecule is Cc1cc(C)c(S(=O)(=O)N2CCN(c3cc(C)on3)CC2)c(C)c1. The van der Waals surface area contributed by atoms with Gasteiger partial charge < -0.3 is 9.42 Å². The molecule has 1 saturated heterocycles. The summed E-state index contributed by atoms with van der Waals surface area (Å²) in [6, 6.07) is 5.72. The number of nitrogens with zero attached hydrogens (tertiary/aromatic N) is 3. The Morgan fingerprint density at radius 1 is 0.958 bits per heavy atom. The molecule has 1 aliphatic rings. The Hall–Kier alpha value is -1.86. The van der Waals surface area contributed by atoms with E-state index in [1.165, 1.54) is 0 Å². The largest absolute Gasteiger partial charge is 0.360 e. The molecular formula is C17H23N3O3S. The van der Waals surface area contributed by atoms with Gasteiger partial charge >= 0.3 is 0 Å². The van der Waals surface area contributed by atoms with Crippen molar-refractivity contribution < 1.29 is 12.9 Å². The Kier molecular flexibility index (Phi) is 4.40. The van der Waals surface area contributed by atoms with Crippen LogP contribution in [0, 0.1) is 27.7 Å². The lowest BCUT2D eigenvalue weighted by molar-refractivity contribution is 0.371. The van der Waals surface area contributed by atoms with Crippen LogP contribution in [0.15, 0.2) is 27.6 Å². The van der Waals surface area contributed by atoms with Crippen molar-refractivity contribution in [2.45, 2.75) is 32.6 Å². The van der Waals surface area contributed by atoms with Gasteiger partial charge in [0, 0.05) is 32.2 Å². The van der Waals surface area contributed by atoms with E-state index in [0.717, 1.165) is 28.3 Å². The lowest BCUT2D eigenvalue weighted by Crippen LogP contribution is -2.49. The highest BCUT2D eigenvalue weighted by Gasteiger charge is 2.31. The van der Waals surface area contributed by atoms with E-state index in [9.17, 15) is 8.42 Å². The average Bonchev–Trinajstić information content (AvgIpc) is 2.92. The summed E-state index contributed by atoms with van der Waals surface area (Å²) in [6.45, 7) is 9.66. The van der Waals surface area contributed by atoms with Crippen molar-refractivity contribution >= 4 is 15.8 Å². The van der Waals surface area contributed by atoms with Gasteiger partial charge in [0.1, 0.15) is 5.76 Å². The lowest BCUT2D eigenvalue weighted by Gasteiger charge is -2.34. The van der Waals surface area contributed by atoms with Crippen LogP contribution in [-0.2, 0) is 10.0 Å². The number of rotatable bonds is 3. The van der Waals surface area contributed by atoms with Crippen molar-refractivity contribution in [1.29, 1.82) is 0 Å². The molecule has 1 aromatic carbocycles. The summed E-state index contributed by atoms with van der Waals surface area (Å²) in [4.78, 5) is 2.50. The normalized spacial score (nSPS) is 16.6. The Labute approximate surface area is 143 Å². The maximum absolute atomic E-state index is 13.1. The smallest absolute Gasteiger partial charge is 0.243 e. The maximum Gasteiger partial charge on any atom is 0.243 e. The fourth-order valence-corrected chi connectivity index (χ4v) is 5.20. The summed E-state index contributed by atoms with van der Waals surface area (Å²) in [5, 5.41) is 4.01. The van der Waals surface area contributed by atoms with Gasteiger partial charge in [-0.25, -0.2) is 8.42 Å². The lowest BCUT2D eigenvalue weighted by atomic mass is 10.1. The molecule has 2 aromatic rings. The number of piperazine rings is 1. The standard InChI is InChI=1S/C17H23N3O3S/c1-12-9-13(2)17(14(3)10-12)24(21,22)20-7-5-19(6-8-20)16-11-15(4)23-18-16/h9-11H,5-8H2,1-4H3. The molecule has 0 spiro atoms. The van der Waals surface area contributed by atoms with Gasteiger partial charge in [-0.05, 0) is 38.8 Å². The van der Waals surface area contributed by atoms with Gasteiger partial charge in [0.05, 0.1) is 4.90 Å². The molecule has 6 nitrogen and oxygen atoms in total. The second kappa shape index (κ2) is 6.22. The van der Waals surface area contributed by atoms with Gasteiger partial charge in [0.25, 0.3) is 0 Å². The molecule has 0 bridgehead atoms. The monoisotopic (exact) mass is 349 g/mol. The van der Waals surface area contributed by atoms with Gasteiger partial charge in [-0.3, -0.25) is 0 Å². The number of benzene rings is 1. The van der Waals surface area contributed by atoms with Gasteiger partial charge in [-0.15, -0.1) is 0 Å². The van der Waals surface area contributed by atoms with E-state index in [2.05, 4.69) is 10.1 Å². The third kappa shape index (κ3) is 3.06. The first kappa shape index (κ1) is 17.0. The highest BCUT2D eigenvalue weighted by Crippen LogP contribution is 2.26. The van der Waals surface area contributed by atoms with E-state index in [0.29, 0.717) is 31.1 Å². The zero-order chi connectivity index (χ0) is 17.5. The second-order valence-corrected chi connectivity index (χ2v) is 8.29. The molecule has 0 aliphatic carbocycles. The van der Waals surface area contributed by atoms with E-state index in [-0.39, 0.29) is 0 Å². The molecule has 130 valence electrons. The maximum atomic E-state index is 13.1. The molecule has 7 heteroatoms. The topological polar surface area (TPSA) is 66.7 Å². The Morgan fingerprint density at radius 2 is 1.54 bits per heavy atom. The molecular weight excluding hydrogens is 326 g/mol. The molecule has 0 atom stereocenters. The summed E-state index contributed by atoms with van der Waals surface area (Å²) in [5.41, 5.74) is 2.69. The molecule has 1 aliphatic heterocycles. The highest BCUT2D eigenvalue weighted by molar-refractivity contribution is 7.89. The van der Waals surface area contributed by atoms with Crippen LogP contribution in [0.25, 0.3) is 0 Å². The molecule has 0 amide bonds. The van der Waals surface area contributed by atoms with Crippen LogP contribution >= 0.6 is 0 Å². The van der Waals surface area contributed by atoms with Crippen LogP contribution in [0.1, 0.15) is 22.5 Å². The number of aromatic nitrogens is 1. The fraction of sp³-hybridized carbons (Fsp3) is 0.471. The summed E-state index contributed by atoms with van der Waals surface area (Å²) < 4.78 is 32.8. The van der Waals surface area contributed by atoms with Crippen molar-refractivity contribution in [3.8, 4) is 0 Å². The highest BCUT2D eigenvalue weighted by atomic mass is 32.2. The van der Waals surface area contributed by atoms with E-state index in [1.807, 2.05) is 45.9 Å². The summed E-state index contributed by atoms with van der Waals surface area (Å²) in [6.07, 6.45) is 0. The van der Waals surface area contributed by atoms with Crippen LogP contribution in [-0.4, -0.2) is 44.1 Å². The van der Waals surface area contributed by atoms with Crippen molar-refractivity contribution in [3.63, 3.8) is 0 Å². The third-order valence-corrected chi connectivity index (χ3v) is 6.59. The first-order valence-corrected chi connectivity index (χ1v) is 9.49. The van der Waals surface area contributed by atoms with Crippen LogP contribution in [0.5, 0.6) is 0 Å². The first-order chi connectivity index (χ1) is 11.3. The number of hydrogen-bond donors (Lipinski definition) is 0. The number of sulfonamides is 1. The number of hydrogen-bond acceptors (Lipinski definition) is 5. The van der Waals surface area contributed by atoms with Crippen LogP contribution in [0.2, 0.25) is 0 Å². The van der Waals surface area contributed by atoms with E-state index < -0.39 is 10.0 Å². The summed E-state index contributed by atoms with van der Waals surface area (Å²) in [5.74, 6) is 1.53. The molecule has 3 rings (SSSR count). The molecule has 0 radical (unpaired) electrons. The first-order valence-electron chi connectivity index (χ1n) is 8.05. The van der Waals surface area contributed by atoms with Gasteiger partial charge in [-0.1, -0.05) is 22.9 Å². The molecule has 24 heavy (non-hydrogen) atoms. The van der Waals surface area contributed by atoms with E-state index in [4.69, 9.17) is 4.52 Å². The van der Waals surface area contributed by atoms with Gasteiger partial charge in [0.2, 0.25) is 10.0 Å². The summed E-state index contributed by atoms with van der Waals surface area (Å²) >= 11 is 0. The van der Waals surface area contributed by atoms with Crippen LogP contribution < -0.4 is 4.90 Å². The fourth-order valence-electron chi connectivity index (χ4n) is 3.36. The van der Waals surface area contributed by atoms with E-state index in [1.54, 1.807) is 4.31 Å². The van der Waals surface area contributed by atoms with Crippen molar-refractivity contribution in [3.05, 3.63) is 40.6 Å². The third-order valence-electron chi connectivity index (χ3n) is 4.38. The molecule has 2 heterocycles. The van der Waals surface area contributed by atoms with Crippen molar-refractivity contribution in [2.75, 3.05) is 31.1 Å². The molecule has 0 N–H and O–H groups in total. The molecule has 1 fully saturated rings. The van der Waals surface area contributed by atoms with Gasteiger partial charge in [-0.2, -0.15) is 4.31 Å². The van der Waals surface area contributed by atoms with Crippen molar-refractivity contribution in [1.82, 2.24) is 9.46 Å². The summed E-state index contributed by atoms with van der Waals surface area (Å²) in [7, 11) is -3.48. The predicted octanol–water partition coefficient (Wildman–Crippen LogP) is 2.42. The van der Waals surface area contributed by atoms with Crippen LogP contribution in [0.3, 0.4) is 0 Å². The minimum atomic E-state index is -3.48. The minimum Gasteiger partial charge on any atom is -0.360 e. The zero-order valence-electron chi connectivity index (χ0n) is 14.5. The predicted molar refractivity (Wildman–Crippen MR) is 92.9 cm³/mol. The Balaban J connectivity index is 1.81. The Morgan fingerprint density at radius 3 is 2.04 bits per heavy atom. The van der Waals surface area contributed by atoms with Crippen LogP contribution in [0.4, 0.5) is 5.82 Å². The quantitative estimate of drug-likeness (QED) is 0.851. The molecule has 1 aromatic heterocycles. The minimum absolute atomic E-state index is 0.443.